The molecular weight excluding hydrogens is 400 g/mol. The molecule has 30 heavy (non-hydrogen) atoms. The van der Waals surface area contributed by atoms with Crippen molar-refractivity contribution in [2.24, 2.45) is 0 Å². The summed E-state index contributed by atoms with van der Waals surface area (Å²) in [6.07, 6.45) is 19.1. The van der Waals surface area contributed by atoms with Crippen molar-refractivity contribution in [1.29, 1.82) is 0 Å². The number of rotatable bonds is 14. The van der Waals surface area contributed by atoms with E-state index in [1.165, 1.54) is 105 Å². The standard InChI is InChI=1S/C28H40S2/c1-3-5-7-9-11-13-17-23-21-22-27-28(24(23)18-14-12-10-8-6-4-2)30-26-20-16-15-19-25(26)29-27/h15-16,19-22H,3-14,17-18H2,1-2H3. The summed E-state index contributed by atoms with van der Waals surface area (Å²) in [7, 11) is 0. The van der Waals surface area contributed by atoms with Gasteiger partial charge in [0.2, 0.25) is 0 Å². The molecule has 0 saturated carbocycles. The molecule has 0 fully saturated rings. The molecule has 0 radical (unpaired) electrons. The lowest BCUT2D eigenvalue weighted by Gasteiger charge is -2.23. The van der Waals surface area contributed by atoms with Crippen molar-refractivity contribution < 1.29 is 0 Å². The number of benzene rings is 2. The second-order valence-corrected chi connectivity index (χ2v) is 10.9. The van der Waals surface area contributed by atoms with Crippen LogP contribution in [0.5, 0.6) is 0 Å². The Bertz CT molecular complexity index is 765. The van der Waals surface area contributed by atoms with E-state index in [9.17, 15) is 0 Å². The lowest BCUT2D eigenvalue weighted by atomic mass is 9.96. The quantitative estimate of drug-likeness (QED) is 0.229. The monoisotopic (exact) mass is 440 g/mol. The van der Waals surface area contributed by atoms with Gasteiger partial charge in [-0.25, -0.2) is 0 Å². The maximum absolute atomic E-state index is 2.46. The summed E-state index contributed by atoms with van der Waals surface area (Å²) in [4.78, 5) is 5.90. The summed E-state index contributed by atoms with van der Waals surface area (Å²) in [6, 6.07) is 13.8. The lowest BCUT2D eigenvalue weighted by Crippen LogP contribution is -2.02. The van der Waals surface area contributed by atoms with E-state index in [-0.39, 0.29) is 0 Å². The normalized spacial score (nSPS) is 12.6. The van der Waals surface area contributed by atoms with Crippen LogP contribution in [0.25, 0.3) is 0 Å². The molecule has 1 heterocycles. The van der Waals surface area contributed by atoms with Gasteiger partial charge in [0.1, 0.15) is 0 Å². The molecule has 0 unspecified atom stereocenters. The summed E-state index contributed by atoms with van der Waals surface area (Å²) < 4.78 is 0. The zero-order chi connectivity index (χ0) is 21.0. The molecule has 0 amide bonds. The van der Waals surface area contributed by atoms with E-state index in [4.69, 9.17) is 0 Å². The van der Waals surface area contributed by atoms with E-state index < -0.39 is 0 Å². The molecule has 164 valence electrons. The molecule has 0 aromatic heterocycles. The van der Waals surface area contributed by atoms with E-state index >= 15 is 0 Å². The second-order valence-electron chi connectivity index (χ2n) is 8.72. The van der Waals surface area contributed by atoms with E-state index in [2.05, 4.69) is 50.2 Å². The molecule has 2 aromatic rings. The molecule has 0 nitrogen and oxygen atoms in total. The highest BCUT2D eigenvalue weighted by Gasteiger charge is 2.21. The highest BCUT2D eigenvalue weighted by atomic mass is 32.2. The predicted molar refractivity (Wildman–Crippen MR) is 135 cm³/mol. The fourth-order valence-corrected chi connectivity index (χ4v) is 6.84. The van der Waals surface area contributed by atoms with E-state index in [0.717, 1.165) is 0 Å². The molecule has 0 spiro atoms. The average molecular weight is 441 g/mol. The average Bonchev–Trinajstić information content (AvgIpc) is 2.77. The van der Waals surface area contributed by atoms with Crippen LogP contribution in [0.4, 0.5) is 0 Å². The summed E-state index contributed by atoms with van der Waals surface area (Å²) in [6.45, 7) is 4.60. The van der Waals surface area contributed by atoms with Gasteiger partial charge in [-0.1, -0.05) is 120 Å². The zero-order valence-electron chi connectivity index (χ0n) is 19.2. The number of aryl methyl sites for hydroxylation is 1. The minimum absolute atomic E-state index is 1.26. The van der Waals surface area contributed by atoms with Gasteiger partial charge in [0.15, 0.2) is 0 Å². The Kier molecular flexibility index (Phi) is 10.7. The zero-order valence-corrected chi connectivity index (χ0v) is 20.8. The Morgan fingerprint density at radius 3 is 1.77 bits per heavy atom. The van der Waals surface area contributed by atoms with Crippen molar-refractivity contribution in [3.8, 4) is 0 Å². The van der Waals surface area contributed by atoms with Crippen LogP contribution in [0.3, 0.4) is 0 Å². The molecule has 0 aliphatic carbocycles. The van der Waals surface area contributed by atoms with Crippen molar-refractivity contribution in [2.45, 2.75) is 123 Å². The molecule has 3 rings (SSSR count). The topological polar surface area (TPSA) is 0 Å². The van der Waals surface area contributed by atoms with E-state index in [0.29, 0.717) is 0 Å². The number of hydrogen-bond donors (Lipinski definition) is 0. The molecule has 1 aliphatic heterocycles. The van der Waals surface area contributed by atoms with Crippen LogP contribution in [0.15, 0.2) is 56.0 Å². The second kappa shape index (κ2) is 13.5. The van der Waals surface area contributed by atoms with Gasteiger partial charge in [0.25, 0.3) is 0 Å². The van der Waals surface area contributed by atoms with Gasteiger partial charge in [-0.15, -0.1) is 0 Å². The molecule has 0 bridgehead atoms. The number of fused-ring (bicyclic) bond motifs is 2. The van der Waals surface area contributed by atoms with Crippen molar-refractivity contribution in [3.05, 3.63) is 47.5 Å². The first-order valence-electron chi connectivity index (χ1n) is 12.4. The van der Waals surface area contributed by atoms with Gasteiger partial charge >= 0.3 is 0 Å². The maximum atomic E-state index is 2.46. The Morgan fingerprint density at radius 1 is 0.533 bits per heavy atom. The Morgan fingerprint density at radius 2 is 1.10 bits per heavy atom. The van der Waals surface area contributed by atoms with Gasteiger partial charge in [-0.2, -0.15) is 0 Å². The van der Waals surface area contributed by atoms with Gasteiger partial charge in [-0.05, 0) is 55.0 Å². The van der Waals surface area contributed by atoms with Crippen LogP contribution in [-0.4, -0.2) is 0 Å². The molecule has 1 aliphatic rings. The summed E-state index contributed by atoms with van der Waals surface area (Å²) in [5.74, 6) is 0. The molecule has 0 N–H and O–H groups in total. The minimum Gasteiger partial charge on any atom is -0.0877 e. The third kappa shape index (κ3) is 7.09. The van der Waals surface area contributed by atoms with E-state index in [1.807, 2.05) is 23.5 Å². The molecule has 2 heteroatoms. The first-order valence-corrected chi connectivity index (χ1v) is 14.1. The Balaban J connectivity index is 1.67. The van der Waals surface area contributed by atoms with Gasteiger partial charge in [0.05, 0.1) is 0 Å². The summed E-state index contributed by atoms with van der Waals surface area (Å²) >= 11 is 4.00. The van der Waals surface area contributed by atoms with E-state index in [1.54, 1.807) is 16.0 Å². The van der Waals surface area contributed by atoms with Crippen LogP contribution in [0.2, 0.25) is 0 Å². The number of hydrogen-bond acceptors (Lipinski definition) is 2. The van der Waals surface area contributed by atoms with Crippen LogP contribution in [0, 0.1) is 0 Å². The van der Waals surface area contributed by atoms with Crippen molar-refractivity contribution in [1.82, 2.24) is 0 Å². The molecular formula is C28H40S2. The maximum Gasteiger partial charge on any atom is 0.0297 e. The van der Waals surface area contributed by atoms with Gasteiger partial charge in [-0.3, -0.25) is 0 Å². The van der Waals surface area contributed by atoms with Crippen molar-refractivity contribution in [3.63, 3.8) is 0 Å². The van der Waals surface area contributed by atoms with Crippen LogP contribution in [-0.2, 0) is 12.8 Å². The fourth-order valence-electron chi connectivity index (χ4n) is 4.37. The van der Waals surface area contributed by atoms with Crippen LogP contribution in [0.1, 0.15) is 102 Å². The molecule has 0 saturated heterocycles. The fraction of sp³-hybridized carbons (Fsp3) is 0.571. The van der Waals surface area contributed by atoms with Crippen molar-refractivity contribution >= 4 is 23.5 Å². The highest BCUT2D eigenvalue weighted by molar-refractivity contribution is 8.05. The predicted octanol–water partition coefficient (Wildman–Crippen LogP) is 10.1. The molecule has 0 atom stereocenters. The minimum atomic E-state index is 1.26. The third-order valence-electron chi connectivity index (χ3n) is 6.18. The Labute approximate surface area is 194 Å². The third-order valence-corrected chi connectivity index (χ3v) is 8.82. The Hall–Kier alpha value is -0.860. The number of unbranched alkanes of at least 4 members (excludes halogenated alkanes) is 10. The SMILES string of the molecule is CCCCCCCCc1ccc2c(c1CCCCCCCC)Sc1ccccc1S2. The molecule has 2 aromatic carbocycles. The summed E-state index contributed by atoms with van der Waals surface area (Å²) in [5, 5.41) is 0. The summed E-state index contributed by atoms with van der Waals surface area (Å²) in [5.41, 5.74) is 3.30. The highest BCUT2D eigenvalue weighted by Crippen LogP contribution is 2.50. The van der Waals surface area contributed by atoms with Crippen LogP contribution >= 0.6 is 23.5 Å². The first-order chi connectivity index (χ1) is 14.8. The van der Waals surface area contributed by atoms with Crippen molar-refractivity contribution in [2.75, 3.05) is 0 Å². The van der Waals surface area contributed by atoms with Crippen LogP contribution < -0.4 is 0 Å². The largest absolute Gasteiger partial charge is 0.0877 e. The smallest absolute Gasteiger partial charge is 0.0297 e. The van der Waals surface area contributed by atoms with Gasteiger partial charge in [0, 0.05) is 19.6 Å². The lowest BCUT2D eigenvalue weighted by molar-refractivity contribution is 0.596. The first kappa shape index (κ1) is 23.8. The van der Waals surface area contributed by atoms with Gasteiger partial charge < -0.3 is 0 Å².